The summed E-state index contributed by atoms with van der Waals surface area (Å²) in [6, 6.07) is 0.573. The lowest BCUT2D eigenvalue weighted by molar-refractivity contribution is 0.562. The van der Waals surface area contributed by atoms with Gasteiger partial charge >= 0.3 is 0 Å². The summed E-state index contributed by atoms with van der Waals surface area (Å²) >= 11 is 0. The van der Waals surface area contributed by atoms with E-state index < -0.39 is 0 Å². The number of nitrogens with one attached hydrogen (secondary N) is 1. The van der Waals surface area contributed by atoms with Gasteiger partial charge in [0, 0.05) is 24.5 Å². The van der Waals surface area contributed by atoms with Crippen LogP contribution >= 0.6 is 0 Å². The molecule has 1 rings (SSSR count). The molecule has 0 aromatic heterocycles. The first kappa shape index (κ1) is 10.9. The molecule has 0 atom stereocenters. The lowest BCUT2D eigenvalue weighted by Gasteiger charge is -2.12. The van der Waals surface area contributed by atoms with Crippen LogP contribution in [0.5, 0.6) is 0 Å². The molecule has 0 unspecified atom stereocenters. The normalized spacial score (nSPS) is 14.9. The van der Waals surface area contributed by atoms with E-state index in [4.69, 9.17) is 0 Å². The third kappa shape index (κ3) is 4.74. The Labute approximate surface area is 86.7 Å². The Morgan fingerprint density at radius 1 is 1.57 bits per heavy atom. The fraction of sp³-hybridized carbons (Fsp3) is 0.500. The molecule has 0 spiro atoms. The molecular formula is C12H18N2. The van der Waals surface area contributed by atoms with Crippen LogP contribution in [0.3, 0.4) is 0 Å². The van der Waals surface area contributed by atoms with Crippen molar-refractivity contribution in [2.45, 2.75) is 26.3 Å². The third-order valence-electron chi connectivity index (χ3n) is 1.87. The van der Waals surface area contributed by atoms with Crippen molar-refractivity contribution in [2.24, 2.45) is 0 Å². The molecule has 0 aromatic rings. The fourth-order valence-corrected chi connectivity index (χ4v) is 1.15. The highest BCUT2D eigenvalue weighted by molar-refractivity contribution is 5.21. The fourth-order valence-electron chi connectivity index (χ4n) is 1.15. The van der Waals surface area contributed by atoms with Gasteiger partial charge in [-0.15, -0.1) is 0 Å². The van der Waals surface area contributed by atoms with Gasteiger partial charge in [-0.2, -0.15) is 0 Å². The van der Waals surface area contributed by atoms with Gasteiger partial charge < -0.3 is 10.2 Å². The number of allylic oxidation sites excluding steroid dienone is 1. The summed E-state index contributed by atoms with van der Waals surface area (Å²) in [6.07, 6.45) is 9.21. The molecule has 1 aliphatic heterocycles. The predicted molar refractivity (Wildman–Crippen MR) is 60.5 cm³/mol. The second-order valence-corrected chi connectivity index (χ2v) is 3.59. The quantitative estimate of drug-likeness (QED) is 0.524. The first-order chi connectivity index (χ1) is 6.79. The van der Waals surface area contributed by atoms with Gasteiger partial charge in [-0.3, -0.25) is 0 Å². The van der Waals surface area contributed by atoms with E-state index in [2.05, 4.69) is 48.2 Å². The van der Waals surface area contributed by atoms with Gasteiger partial charge in [0.2, 0.25) is 0 Å². The molecule has 0 aliphatic carbocycles. The number of rotatable bonds is 5. The molecule has 0 radical (unpaired) electrons. The third-order valence-corrected chi connectivity index (χ3v) is 1.87. The maximum atomic E-state index is 3.37. The van der Waals surface area contributed by atoms with E-state index in [1.54, 1.807) is 0 Å². The zero-order valence-electron chi connectivity index (χ0n) is 8.96. The lowest BCUT2D eigenvalue weighted by Crippen LogP contribution is -2.23. The van der Waals surface area contributed by atoms with Gasteiger partial charge in [-0.05, 0) is 13.0 Å². The summed E-state index contributed by atoms with van der Waals surface area (Å²) in [5.74, 6) is 5.93. The standard InChI is InChI=1S/C12H18N2/c1-12(2)13-8-4-7-11-14-9-5-3-6-10-14/h5,7,9,11-13H,4,8,10H2,1-2H3/b11-7+. The van der Waals surface area contributed by atoms with Crippen LogP contribution in [0.4, 0.5) is 0 Å². The maximum Gasteiger partial charge on any atom is 0.0835 e. The second kappa shape index (κ2) is 6.28. The smallest absolute Gasteiger partial charge is 0.0835 e. The van der Waals surface area contributed by atoms with Crippen LogP contribution in [0.25, 0.3) is 0 Å². The Balaban J connectivity index is 2.10. The van der Waals surface area contributed by atoms with E-state index in [-0.39, 0.29) is 0 Å². The topological polar surface area (TPSA) is 15.3 Å². The summed E-state index contributed by atoms with van der Waals surface area (Å²) in [7, 11) is 0. The first-order valence-electron chi connectivity index (χ1n) is 5.10. The van der Waals surface area contributed by atoms with Crippen molar-refractivity contribution in [2.75, 3.05) is 13.1 Å². The Morgan fingerprint density at radius 2 is 2.43 bits per heavy atom. The highest BCUT2D eigenvalue weighted by Gasteiger charge is 1.92. The minimum Gasteiger partial charge on any atom is -0.342 e. The van der Waals surface area contributed by atoms with Crippen LogP contribution in [0, 0.1) is 11.8 Å². The molecule has 1 aliphatic rings. The maximum absolute atomic E-state index is 3.37. The molecule has 2 nitrogen and oxygen atoms in total. The van der Waals surface area contributed by atoms with Gasteiger partial charge in [0.1, 0.15) is 0 Å². The predicted octanol–water partition coefficient (Wildman–Crippen LogP) is 1.72. The van der Waals surface area contributed by atoms with Crippen LogP contribution in [0.15, 0.2) is 24.6 Å². The molecular weight excluding hydrogens is 172 g/mol. The van der Waals surface area contributed by atoms with Crippen molar-refractivity contribution in [3.63, 3.8) is 0 Å². The second-order valence-electron chi connectivity index (χ2n) is 3.59. The molecule has 0 aromatic carbocycles. The summed E-state index contributed by atoms with van der Waals surface area (Å²) in [6.45, 7) is 6.17. The summed E-state index contributed by atoms with van der Waals surface area (Å²) in [5, 5.41) is 3.37. The zero-order valence-corrected chi connectivity index (χ0v) is 8.96. The average molecular weight is 190 g/mol. The molecule has 14 heavy (non-hydrogen) atoms. The van der Waals surface area contributed by atoms with Crippen LogP contribution in [-0.4, -0.2) is 24.0 Å². The van der Waals surface area contributed by atoms with Gasteiger partial charge in [-0.1, -0.05) is 31.8 Å². The molecule has 0 bridgehead atoms. The van der Waals surface area contributed by atoms with Crippen molar-refractivity contribution >= 4 is 0 Å². The lowest BCUT2D eigenvalue weighted by atomic mass is 10.3. The first-order valence-corrected chi connectivity index (χ1v) is 5.10. The Kier molecular flexibility index (Phi) is 4.88. The van der Waals surface area contributed by atoms with Crippen molar-refractivity contribution in [1.29, 1.82) is 0 Å². The van der Waals surface area contributed by atoms with Crippen molar-refractivity contribution < 1.29 is 0 Å². The Morgan fingerprint density at radius 3 is 3.07 bits per heavy atom. The minimum atomic E-state index is 0.573. The molecule has 2 heteroatoms. The number of nitrogens with zero attached hydrogens (tertiary/aromatic N) is 1. The summed E-state index contributed by atoms with van der Waals surface area (Å²) < 4.78 is 0. The zero-order chi connectivity index (χ0) is 10.2. The van der Waals surface area contributed by atoms with Gasteiger partial charge in [0.05, 0.1) is 6.54 Å². The van der Waals surface area contributed by atoms with Crippen LogP contribution in [0.1, 0.15) is 20.3 Å². The Hall–Kier alpha value is -1.20. The SMILES string of the molecule is CC(C)NCC/C=C/N1C=CC#CC1. The average Bonchev–Trinajstić information content (AvgIpc) is 2.18. The van der Waals surface area contributed by atoms with Crippen molar-refractivity contribution in [1.82, 2.24) is 10.2 Å². The van der Waals surface area contributed by atoms with Crippen LogP contribution < -0.4 is 5.32 Å². The van der Waals surface area contributed by atoms with Crippen molar-refractivity contribution in [3.05, 3.63) is 24.6 Å². The Bertz CT molecular complexity index is 266. The minimum absolute atomic E-state index is 0.573. The highest BCUT2D eigenvalue weighted by Crippen LogP contribution is 1.95. The van der Waals surface area contributed by atoms with Gasteiger partial charge in [0.15, 0.2) is 0 Å². The number of hydrogen-bond acceptors (Lipinski definition) is 2. The van der Waals surface area contributed by atoms with Crippen LogP contribution in [0.2, 0.25) is 0 Å². The molecule has 1 heterocycles. The molecule has 0 amide bonds. The van der Waals surface area contributed by atoms with E-state index in [0.29, 0.717) is 6.04 Å². The largest absolute Gasteiger partial charge is 0.342 e. The summed E-state index contributed by atoms with van der Waals surface area (Å²) in [5.41, 5.74) is 0. The van der Waals surface area contributed by atoms with E-state index in [1.165, 1.54) is 0 Å². The molecule has 1 N–H and O–H groups in total. The summed E-state index contributed by atoms with van der Waals surface area (Å²) in [4.78, 5) is 2.09. The van der Waals surface area contributed by atoms with E-state index in [0.717, 1.165) is 19.5 Å². The van der Waals surface area contributed by atoms with E-state index >= 15 is 0 Å². The highest BCUT2D eigenvalue weighted by atomic mass is 15.1. The molecule has 0 saturated heterocycles. The van der Waals surface area contributed by atoms with Gasteiger partial charge in [-0.25, -0.2) is 0 Å². The molecule has 0 saturated carbocycles. The molecule has 0 fully saturated rings. The van der Waals surface area contributed by atoms with E-state index in [1.807, 2.05) is 12.3 Å². The van der Waals surface area contributed by atoms with Crippen LogP contribution in [-0.2, 0) is 0 Å². The monoisotopic (exact) mass is 190 g/mol. The van der Waals surface area contributed by atoms with E-state index in [9.17, 15) is 0 Å². The van der Waals surface area contributed by atoms with Crippen molar-refractivity contribution in [3.8, 4) is 11.8 Å². The van der Waals surface area contributed by atoms with Gasteiger partial charge in [0.25, 0.3) is 0 Å². The molecule has 76 valence electrons. The number of hydrogen-bond donors (Lipinski definition) is 1.